The number of H-pyrrole nitrogens is 2. The van der Waals surface area contributed by atoms with E-state index < -0.39 is 11.7 Å². The fourth-order valence-electron chi connectivity index (χ4n) is 2.94. The molecule has 130 valence electrons. The second-order valence-electron chi connectivity index (χ2n) is 5.98. The fourth-order valence-corrected chi connectivity index (χ4v) is 2.94. The Labute approximate surface area is 139 Å². The van der Waals surface area contributed by atoms with Crippen molar-refractivity contribution in [2.45, 2.75) is 38.6 Å². The molecule has 0 saturated heterocycles. The molecular weight excluding hydrogens is 310 g/mol. The summed E-state index contributed by atoms with van der Waals surface area (Å²) in [5.41, 5.74) is 0.805. The van der Waals surface area contributed by atoms with E-state index in [-0.39, 0.29) is 23.9 Å². The molecule has 0 spiro atoms. The predicted octanol–water partition coefficient (Wildman–Crippen LogP) is 2.35. The molecule has 2 atom stereocenters. The molecule has 2 aromatic rings. The normalized spacial score (nSPS) is 13.4. The maximum absolute atomic E-state index is 11.3. The van der Waals surface area contributed by atoms with Gasteiger partial charge in [-0.1, -0.05) is 43.7 Å². The van der Waals surface area contributed by atoms with Crippen LogP contribution in [0.5, 0.6) is 5.88 Å². The third-order valence-corrected chi connectivity index (χ3v) is 4.18. The molecule has 1 aromatic carbocycles. The Bertz CT molecular complexity index is 695. The number of nitrogens with zero attached hydrogens (tertiary/aromatic N) is 1. The monoisotopic (exact) mass is 333 g/mol. The molecule has 0 aliphatic carbocycles. The smallest absolute Gasteiger partial charge is 0.326 e. The first kappa shape index (κ1) is 17.8. The molecule has 0 saturated carbocycles. The van der Waals surface area contributed by atoms with Crippen molar-refractivity contribution in [3.05, 3.63) is 52.1 Å². The highest BCUT2D eigenvalue weighted by molar-refractivity contribution is 5.46. The van der Waals surface area contributed by atoms with Crippen LogP contribution >= 0.6 is 0 Å². The molecule has 2 rings (SSSR count). The van der Waals surface area contributed by atoms with E-state index >= 15 is 0 Å². The molecule has 0 aliphatic rings. The molecule has 1 aromatic heterocycles. The average Bonchev–Trinajstić information content (AvgIpc) is 2.90. The number of carbonyl (C=O) groups is 1. The van der Waals surface area contributed by atoms with Crippen LogP contribution in [0.1, 0.15) is 43.5 Å². The zero-order valence-electron chi connectivity index (χ0n) is 13.6. The number of aryl methyl sites for hydroxylation is 1. The number of carbonyl (C=O) groups excluding carboxylic acids is 1. The van der Waals surface area contributed by atoms with E-state index in [1.807, 2.05) is 25.1 Å². The largest absolute Gasteiger partial charge is 0.493 e. The second kappa shape index (κ2) is 8.35. The Morgan fingerprint density at radius 1 is 1.21 bits per heavy atom. The van der Waals surface area contributed by atoms with Gasteiger partial charge in [-0.15, -0.1) is 0 Å². The molecule has 1 heterocycles. The van der Waals surface area contributed by atoms with Crippen LogP contribution in [0, 0.1) is 5.92 Å². The first-order valence-corrected chi connectivity index (χ1v) is 8.00. The van der Waals surface area contributed by atoms with Crippen LogP contribution < -0.4 is 5.69 Å². The summed E-state index contributed by atoms with van der Waals surface area (Å²) in [7, 11) is 0. The minimum Gasteiger partial charge on any atom is -0.493 e. The quantitative estimate of drug-likeness (QED) is 0.244. The zero-order chi connectivity index (χ0) is 17.5. The molecule has 1 amide bonds. The van der Waals surface area contributed by atoms with Crippen molar-refractivity contribution in [3.63, 3.8) is 0 Å². The van der Waals surface area contributed by atoms with Gasteiger partial charge in [-0.25, -0.2) is 9.86 Å². The number of hydrogen-bond donors (Lipinski definition) is 4. The lowest BCUT2D eigenvalue weighted by atomic mass is 9.92. The van der Waals surface area contributed by atoms with Gasteiger partial charge >= 0.3 is 5.69 Å². The van der Waals surface area contributed by atoms with Gasteiger partial charge in [-0.3, -0.25) is 15.0 Å². The SMILES string of the molecule is CC(CCCCc1ccccc1)C(c1[nH]c(=O)[nH]c1O)N(O)C=O. The minimum atomic E-state index is -0.807. The van der Waals surface area contributed by atoms with Crippen molar-refractivity contribution in [3.8, 4) is 5.88 Å². The Morgan fingerprint density at radius 3 is 2.50 bits per heavy atom. The average molecular weight is 333 g/mol. The van der Waals surface area contributed by atoms with Crippen molar-refractivity contribution in [1.82, 2.24) is 15.0 Å². The Kier molecular flexibility index (Phi) is 6.20. The van der Waals surface area contributed by atoms with E-state index in [0.29, 0.717) is 5.06 Å². The molecule has 4 N–H and O–H groups in total. The standard InChI is InChI=1S/C17H23N3O4/c1-12(7-5-6-10-13-8-3-2-4-9-13)15(20(24)11-21)14-16(22)19-17(23)18-14/h2-4,8-9,11-12,15,22,24H,5-7,10H2,1H3,(H2,18,19,23). The summed E-state index contributed by atoms with van der Waals surface area (Å²) >= 11 is 0. The predicted molar refractivity (Wildman–Crippen MR) is 88.7 cm³/mol. The molecule has 7 heteroatoms. The molecule has 2 unspecified atom stereocenters. The molecule has 0 bridgehead atoms. The van der Waals surface area contributed by atoms with Crippen LogP contribution in [-0.4, -0.2) is 31.8 Å². The third-order valence-electron chi connectivity index (χ3n) is 4.18. The molecule has 0 aliphatic heterocycles. The van der Waals surface area contributed by atoms with Crippen LogP contribution in [-0.2, 0) is 11.2 Å². The maximum atomic E-state index is 11.3. The number of hydrogen-bond acceptors (Lipinski definition) is 4. The van der Waals surface area contributed by atoms with Gasteiger partial charge in [0, 0.05) is 0 Å². The molecule has 0 radical (unpaired) electrons. The van der Waals surface area contributed by atoms with Gasteiger partial charge in [0.2, 0.25) is 12.3 Å². The molecule has 24 heavy (non-hydrogen) atoms. The Balaban J connectivity index is 1.95. The first-order valence-electron chi connectivity index (χ1n) is 8.00. The fraction of sp³-hybridized carbons (Fsp3) is 0.412. The number of amides is 1. The number of hydroxylamine groups is 2. The Morgan fingerprint density at radius 2 is 1.92 bits per heavy atom. The van der Waals surface area contributed by atoms with E-state index in [9.17, 15) is 19.9 Å². The van der Waals surface area contributed by atoms with Gasteiger partial charge in [0.25, 0.3) is 0 Å². The molecular formula is C17H23N3O4. The van der Waals surface area contributed by atoms with Crippen molar-refractivity contribution in [2.24, 2.45) is 5.92 Å². The second-order valence-corrected chi connectivity index (χ2v) is 5.98. The van der Waals surface area contributed by atoms with E-state index in [1.165, 1.54) is 5.56 Å². The van der Waals surface area contributed by atoms with E-state index in [4.69, 9.17) is 0 Å². The summed E-state index contributed by atoms with van der Waals surface area (Å²) in [4.78, 5) is 26.9. The summed E-state index contributed by atoms with van der Waals surface area (Å²) in [6, 6.07) is 9.35. The van der Waals surface area contributed by atoms with Gasteiger partial charge in [-0.05, 0) is 30.7 Å². The van der Waals surface area contributed by atoms with Crippen LogP contribution in [0.3, 0.4) is 0 Å². The summed E-state index contributed by atoms with van der Waals surface area (Å²) < 4.78 is 0. The van der Waals surface area contributed by atoms with Crippen LogP contribution in [0.25, 0.3) is 0 Å². The van der Waals surface area contributed by atoms with Crippen LogP contribution in [0.2, 0.25) is 0 Å². The first-order chi connectivity index (χ1) is 11.5. The zero-order valence-corrected chi connectivity index (χ0v) is 13.6. The van der Waals surface area contributed by atoms with Gasteiger partial charge < -0.3 is 10.1 Å². The lowest BCUT2D eigenvalue weighted by molar-refractivity contribution is -0.166. The van der Waals surface area contributed by atoms with Gasteiger partial charge in [0.1, 0.15) is 11.7 Å². The summed E-state index contributed by atoms with van der Waals surface area (Å²) in [6.07, 6.45) is 3.84. The number of nitrogens with one attached hydrogen (secondary N) is 2. The highest BCUT2D eigenvalue weighted by Gasteiger charge is 2.29. The van der Waals surface area contributed by atoms with Crippen LogP contribution in [0.15, 0.2) is 35.1 Å². The summed E-state index contributed by atoms with van der Waals surface area (Å²) in [6.45, 7) is 1.87. The van der Waals surface area contributed by atoms with Gasteiger partial charge in [-0.2, -0.15) is 0 Å². The van der Waals surface area contributed by atoms with Crippen molar-refractivity contribution in [2.75, 3.05) is 0 Å². The van der Waals surface area contributed by atoms with Crippen molar-refractivity contribution in [1.29, 1.82) is 0 Å². The van der Waals surface area contributed by atoms with E-state index in [2.05, 4.69) is 22.1 Å². The van der Waals surface area contributed by atoms with Gasteiger partial charge in [0.15, 0.2) is 0 Å². The lowest BCUT2D eigenvalue weighted by Gasteiger charge is -2.27. The van der Waals surface area contributed by atoms with Gasteiger partial charge in [0.05, 0.1) is 0 Å². The van der Waals surface area contributed by atoms with E-state index in [1.54, 1.807) is 0 Å². The number of aromatic amines is 2. The van der Waals surface area contributed by atoms with Crippen molar-refractivity contribution >= 4 is 6.41 Å². The number of benzene rings is 1. The number of imidazole rings is 1. The highest BCUT2D eigenvalue weighted by Crippen LogP contribution is 2.32. The molecule has 0 fully saturated rings. The topological polar surface area (TPSA) is 109 Å². The number of aromatic nitrogens is 2. The van der Waals surface area contributed by atoms with Crippen LogP contribution in [0.4, 0.5) is 0 Å². The number of rotatable bonds is 9. The lowest BCUT2D eigenvalue weighted by Crippen LogP contribution is -2.29. The maximum Gasteiger partial charge on any atom is 0.326 e. The Hall–Kier alpha value is -2.54. The summed E-state index contributed by atoms with van der Waals surface area (Å²) in [5.74, 6) is -0.504. The number of unbranched alkanes of at least 4 members (excludes halogenated alkanes) is 1. The molecule has 7 nitrogen and oxygen atoms in total. The number of aromatic hydroxyl groups is 1. The van der Waals surface area contributed by atoms with Crippen molar-refractivity contribution < 1.29 is 15.1 Å². The minimum absolute atomic E-state index is 0.116. The van der Waals surface area contributed by atoms with E-state index in [0.717, 1.165) is 25.7 Å². The highest BCUT2D eigenvalue weighted by atomic mass is 16.5. The third kappa shape index (κ3) is 4.48. The summed E-state index contributed by atoms with van der Waals surface area (Å²) in [5, 5.41) is 20.1.